The van der Waals surface area contributed by atoms with Gasteiger partial charge in [0.2, 0.25) is 0 Å². The van der Waals surface area contributed by atoms with Gasteiger partial charge < -0.3 is 15.2 Å². The largest absolute Gasteiger partial charge is 0.480 e. The van der Waals surface area contributed by atoms with Gasteiger partial charge >= 0.3 is 5.97 Å². The van der Waals surface area contributed by atoms with Crippen LogP contribution in [0.1, 0.15) is 40.0 Å². The Hall–Kier alpha value is -0.650. The lowest BCUT2D eigenvalue weighted by Crippen LogP contribution is -2.61. The van der Waals surface area contributed by atoms with Crippen molar-refractivity contribution in [2.24, 2.45) is 11.8 Å². The van der Waals surface area contributed by atoms with Crippen LogP contribution in [0.15, 0.2) is 0 Å². The fourth-order valence-corrected chi connectivity index (χ4v) is 2.90. The number of carbonyl (C=O) groups is 1. The predicted octanol–water partition coefficient (Wildman–Crippen LogP) is 1.82. The summed E-state index contributed by atoms with van der Waals surface area (Å²) in [6.07, 6.45) is 2.98. The molecule has 0 bridgehead atoms. The van der Waals surface area contributed by atoms with Gasteiger partial charge in [0.05, 0.1) is 6.61 Å². The van der Waals surface area contributed by atoms with Crippen LogP contribution in [0.4, 0.5) is 0 Å². The van der Waals surface area contributed by atoms with Gasteiger partial charge in [0, 0.05) is 26.7 Å². The molecule has 0 amide bonds. The number of aliphatic carboxylic acids is 1. The normalized spacial score (nSPS) is 18.2. The molecule has 1 atom stereocenters. The fourth-order valence-electron chi connectivity index (χ4n) is 2.90. The average Bonchev–Trinajstić information content (AvgIpc) is 3.24. The first-order chi connectivity index (χ1) is 9.96. The second kappa shape index (κ2) is 8.71. The molecule has 0 aromatic carbocycles. The zero-order valence-corrected chi connectivity index (χ0v) is 14.0. The smallest absolute Gasteiger partial charge is 0.325 e. The third-order valence-corrected chi connectivity index (χ3v) is 4.05. The van der Waals surface area contributed by atoms with Gasteiger partial charge in [0.25, 0.3) is 0 Å². The average molecular weight is 300 g/mol. The maximum absolute atomic E-state index is 12.0. The lowest BCUT2D eigenvalue weighted by atomic mass is 9.91. The van der Waals surface area contributed by atoms with Crippen molar-refractivity contribution in [1.29, 1.82) is 0 Å². The Morgan fingerprint density at radius 1 is 1.48 bits per heavy atom. The Morgan fingerprint density at radius 2 is 2.14 bits per heavy atom. The van der Waals surface area contributed by atoms with Crippen LogP contribution < -0.4 is 5.32 Å². The van der Waals surface area contributed by atoms with E-state index in [1.807, 2.05) is 0 Å². The SMILES string of the molecule is CCCNC(CN(CCOC)CC(C)C)(C(=O)O)C1CC1. The summed E-state index contributed by atoms with van der Waals surface area (Å²) in [6, 6.07) is 0. The number of methoxy groups -OCH3 is 1. The van der Waals surface area contributed by atoms with Crippen molar-refractivity contribution in [3.63, 3.8) is 0 Å². The molecule has 21 heavy (non-hydrogen) atoms. The van der Waals surface area contributed by atoms with E-state index in [0.717, 1.165) is 38.9 Å². The molecule has 5 nitrogen and oxygen atoms in total. The summed E-state index contributed by atoms with van der Waals surface area (Å²) in [5.74, 6) is 0.0714. The first kappa shape index (κ1) is 18.4. The van der Waals surface area contributed by atoms with Crippen molar-refractivity contribution < 1.29 is 14.6 Å². The number of carboxylic acid groups (broad SMARTS) is 1. The molecule has 1 fully saturated rings. The number of carboxylic acids is 1. The molecule has 0 aliphatic heterocycles. The molecule has 1 unspecified atom stereocenters. The van der Waals surface area contributed by atoms with E-state index in [-0.39, 0.29) is 5.92 Å². The second-order valence-corrected chi connectivity index (χ2v) is 6.60. The molecule has 1 aliphatic rings. The molecular weight excluding hydrogens is 268 g/mol. The number of hydrogen-bond donors (Lipinski definition) is 2. The highest BCUT2D eigenvalue weighted by Crippen LogP contribution is 2.40. The molecular formula is C16H32N2O3. The highest BCUT2D eigenvalue weighted by atomic mass is 16.5. The molecule has 2 N–H and O–H groups in total. The maximum atomic E-state index is 12.0. The van der Waals surface area contributed by atoms with E-state index < -0.39 is 11.5 Å². The quantitative estimate of drug-likeness (QED) is 0.576. The number of nitrogens with one attached hydrogen (secondary N) is 1. The molecule has 5 heteroatoms. The number of hydrogen-bond acceptors (Lipinski definition) is 4. The first-order valence-electron chi connectivity index (χ1n) is 8.16. The Bertz CT molecular complexity index is 319. The molecule has 0 spiro atoms. The highest BCUT2D eigenvalue weighted by molar-refractivity contribution is 5.80. The molecule has 0 aromatic rings. The van der Waals surface area contributed by atoms with Crippen LogP contribution in [-0.2, 0) is 9.53 Å². The summed E-state index contributed by atoms with van der Waals surface area (Å²) in [7, 11) is 1.69. The van der Waals surface area contributed by atoms with Gasteiger partial charge in [-0.2, -0.15) is 0 Å². The maximum Gasteiger partial charge on any atom is 0.325 e. The van der Waals surface area contributed by atoms with Gasteiger partial charge in [-0.25, -0.2) is 0 Å². The number of nitrogens with zero attached hydrogens (tertiary/aromatic N) is 1. The second-order valence-electron chi connectivity index (χ2n) is 6.60. The zero-order chi connectivity index (χ0) is 15.9. The summed E-state index contributed by atoms with van der Waals surface area (Å²) < 4.78 is 5.18. The van der Waals surface area contributed by atoms with Crippen molar-refractivity contribution in [1.82, 2.24) is 10.2 Å². The van der Waals surface area contributed by atoms with E-state index in [1.54, 1.807) is 7.11 Å². The Kier molecular flexibility index (Phi) is 7.63. The van der Waals surface area contributed by atoms with Crippen LogP contribution in [0.2, 0.25) is 0 Å². The Labute approximate surface area is 129 Å². The van der Waals surface area contributed by atoms with Crippen LogP contribution in [0.25, 0.3) is 0 Å². The summed E-state index contributed by atoms with van der Waals surface area (Å²) in [5.41, 5.74) is -0.793. The third kappa shape index (κ3) is 5.57. The van der Waals surface area contributed by atoms with E-state index in [1.165, 1.54) is 0 Å². The molecule has 1 saturated carbocycles. The van der Waals surface area contributed by atoms with E-state index in [0.29, 0.717) is 19.1 Å². The molecule has 0 aromatic heterocycles. The molecule has 1 aliphatic carbocycles. The predicted molar refractivity (Wildman–Crippen MR) is 84.5 cm³/mol. The summed E-state index contributed by atoms with van der Waals surface area (Å²) in [4.78, 5) is 14.2. The van der Waals surface area contributed by atoms with Crippen molar-refractivity contribution in [2.45, 2.75) is 45.6 Å². The van der Waals surface area contributed by atoms with Crippen LogP contribution in [0.5, 0.6) is 0 Å². The third-order valence-electron chi connectivity index (χ3n) is 4.05. The zero-order valence-electron chi connectivity index (χ0n) is 14.0. The first-order valence-corrected chi connectivity index (χ1v) is 8.16. The van der Waals surface area contributed by atoms with Crippen LogP contribution in [-0.4, -0.2) is 61.4 Å². The molecule has 1 rings (SSSR count). The number of rotatable bonds is 12. The van der Waals surface area contributed by atoms with Gasteiger partial charge in [0.15, 0.2) is 0 Å². The minimum absolute atomic E-state index is 0.263. The van der Waals surface area contributed by atoms with Crippen LogP contribution >= 0.6 is 0 Å². The topological polar surface area (TPSA) is 61.8 Å². The van der Waals surface area contributed by atoms with Gasteiger partial charge in [-0.15, -0.1) is 0 Å². The standard InChI is InChI=1S/C16H32N2O3/c1-5-8-17-16(15(19)20,14-6-7-14)12-18(9-10-21-4)11-13(2)3/h13-14,17H,5-12H2,1-4H3,(H,19,20). The lowest BCUT2D eigenvalue weighted by molar-refractivity contribution is -0.147. The van der Waals surface area contributed by atoms with E-state index >= 15 is 0 Å². The summed E-state index contributed by atoms with van der Waals surface area (Å²) >= 11 is 0. The molecule has 124 valence electrons. The van der Waals surface area contributed by atoms with Gasteiger partial charge in [-0.05, 0) is 37.6 Å². The number of ether oxygens (including phenoxy) is 1. The summed E-state index contributed by atoms with van der Waals surface area (Å²) in [6.45, 7) is 10.0. The van der Waals surface area contributed by atoms with E-state index in [2.05, 4.69) is 31.0 Å². The van der Waals surface area contributed by atoms with Crippen molar-refractivity contribution in [3.05, 3.63) is 0 Å². The van der Waals surface area contributed by atoms with Gasteiger partial charge in [-0.1, -0.05) is 20.8 Å². The molecule has 0 saturated heterocycles. The van der Waals surface area contributed by atoms with Gasteiger partial charge in [-0.3, -0.25) is 9.69 Å². The minimum atomic E-state index is -0.793. The van der Waals surface area contributed by atoms with Crippen LogP contribution in [0, 0.1) is 11.8 Å². The summed E-state index contributed by atoms with van der Waals surface area (Å²) in [5, 5.41) is 13.2. The van der Waals surface area contributed by atoms with Gasteiger partial charge in [0.1, 0.15) is 5.54 Å². The van der Waals surface area contributed by atoms with Crippen LogP contribution in [0.3, 0.4) is 0 Å². The Balaban J connectivity index is 2.81. The van der Waals surface area contributed by atoms with E-state index in [4.69, 9.17) is 4.74 Å². The van der Waals surface area contributed by atoms with Crippen molar-refractivity contribution in [3.8, 4) is 0 Å². The monoisotopic (exact) mass is 300 g/mol. The fraction of sp³-hybridized carbons (Fsp3) is 0.938. The lowest BCUT2D eigenvalue weighted by Gasteiger charge is -2.37. The van der Waals surface area contributed by atoms with Crippen molar-refractivity contribution >= 4 is 5.97 Å². The van der Waals surface area contributed by atoms with Crippen molar-refractivity contribution in [2.75, 3.05) is 39.9 Å². The molecule has 0 heterocycles. The Morgan fingerprint density at radius 3 is 2.57 bits per heavy atom. The highest BCUT2D eigenvalue weighted by Gasteiger charge is 2.51. The molecule has 0 radical (unpaired) electrons. The van der Waals surface area contributed by atoms with E-state index in [9.17, 15) is 9.90 Å². The minimum Gasteiger partial charge on any atom is -0.480 e.